The normalized spacial score (nSPS) is 14.1. The van der Waals surface area contributed by atoms with Crippen LogP contribution in [0.25, 0.3) is 21.8 Å². The first-order chi connectivity index (χ1) is 19.5. The first-order valence-electron chi connectivity index (χ1n) is 13.6. The summed E-state index contributed by atoms with van der Waals surface area (Å²) in [6.07, 6.45) is 5.84. The summed E-state index contributed by atoms with van der Waals surface area (Å²) in [6.45, 7) is 8.86. The highest BCUT2D eigenvalue weighted by Gasteiger charge is 2.19. The molecule has 40 heavy (non-hydrogen) atoms. The number of ether oxygens (including phenoxy) is 1. The minimum absolute atomic E-state index is 0.245. The van der Waals surface area contributed by atoms with E-state index < -0.39 is 0 Å². The molecule has 3 heterocycles. The van der Waals surface area contributed by atoms with Gasteiger partial charge < -0.3 is 20.7 Å². The van der Waals surface area contributed by atoms with E-state index in [-0.39, 0.29) is 5.91 Å². The fraction of sp³-hybridized carbons (Fsp3) is 0.333. The molecule has 1 aliphatic rings. The number of aromatic nitrogens is 3. The van der Waals surface area contributed by atoms with E-state index in [4.69, 9.17) is 9.72 Å². The van der Waals surface area contributed by atoms with Crippen LogP contribution in [0, 0.1) is 11.3 Å². The van der Waals surface area contributed by atoms with Gasteiger partial charge in [0, 0.05) is 68.4 Å². The Bertz CT molecular complexity index is 1610. The van der Waals surface area contributed by atoms with Crippen molar-refractivity contribution in [3.05, 3.63) is 59.9 Å². The third-order valence-electron chi connectivity index (χ3n) is 7.02. The number of anilines is 3. The van der Waals surface area contributed by atoms with Crippen molar-refractivity contribution >= 4 is 44.8 Å². The summed E-state index contributed by atoms with van der Waals surface area (Å²) < 4.78 is 7.71. The SMILES string of the molecule is CCOc1cc2nc(CC)c(C#N)c(Nc3ccc4c(cnn4C)c3)c2cc1NC(=O)/C=C/CN1CCNCC1. The third kappa shape index (κ3) is 5.76. The van der Waals surface area contributed by atoms with Gasteiger partial charge in [-0.1, -0.05) is 13.0 Å². The number of amides is 1. The second kappa shape index (κ2) is 12.2. The van der Waals surface area contributed by atoms with Crippen molar-refractivity contribution in [3.8, 4) is 11.8 Å². The van der Waals surface area contributed by atoms with Gasteiger partial charge in [-0.25, -0.2) is 0 Å². The zero-order valence-corrected chi connectivity index (χ0v) is 23.1. The molecule has 3 N–H and O–H groups in total. The van der Waals surface area contributed by atoms with Gasteiger partial charge in [0.25, 0.3) is 0 Å². The lowest BCUT2D eigenvalue weighted by molar-refractivity contribution is -0.111. The molecule has 1 fully saturated rings. The largest absolute Gasteiger partial charge is 0.492 e. The molecule has 0 aliphatic carbocycles. The Kier molecular flexibility index (Phi) is 8.24. The first-order valence-corrected chi connectivity index (χ1v) is 13.6. The molecule has 4 aromatic rings. The number of carbonyl (C=O) groups is 1. The summed E-state index contributed by atoms with van der Waals surface area (Å²) in [4.78, 5) is 20.0. The fourth-order valence-corrected chi connectivity index (χ4v) is 4.98. The first kappa shape index (κ1) is 27.1. The van der Waals surface area contributed by atoms with Crippen molar-refractivity contribution in [1.29, 1.82) is 5.26 Å². The number of nitrogens with one attached hydrogen (secondary N) is 3. The Labute approximate surface area is 233 Å². The molecule has 2 aromatic carbocycles. The Morgan fingerprint density at radius 2 is 2.05 bits per heavy atom. The van der Waals surface area contributed by atoms with E-state index in [1.165, 1.54) is 0 Å². The Morgan fingerprint density at radius 1 is 1.23 bits per heavy atom. The van der Waals surface area contributed by atoms with Crippen LogP contribution in [0.4, 0.5) is 17.1 Å². The second-order valence-corrected chi connectivity index (χ2v) is 9.68. The van der Waals surface area contributed by atoms with E-state index in [2.05, 4.69) is 32.0 Å². The molecule has 0 radical (unpaired) electrons. The molecule has 5 rings (SSSR count). The number of carbonyl (C=O) groups excluding carboxylic acids is 1. The number of aryl methyl sites for hydroxylation is 2. The van der Waals surface area contributed by atoms with E-state index in [1.54, 1.807) is 6.08 Å². The van der Waals surface area contributed by atoms with Gasteiger partial charge in [0.05, 0.1) is 46.5 Å². The lowest BCUT2D eigenvalue weighted by Gasteiger charge is -2.25. The van der Waals surface area contributed by atoms with Crippen molar-refractivity contribution in [2.75, 3.05) is 50.0 Å². The Hall–Kier alpha value is -4.46. The van der Waals surface area contributed by atoms with E-state index in [0.717, 1.165) is 49.3 Å². The maximum atomic E-state index is 12.9. The van der Waals surface area contributed by atoms with Gasteiger partial charge in [0.2, 0.25) is 5.91 Å². The maximum absolute atomic E-state index is 12.9. The molecular formula is C30H34N8O2. The summed E-state index contributed by atoms with van der Waals surface area (Å²) in [5, 5.41) is 25.9. The number of hydrogen-bond acceptors (Lipinski definition) is 8. The number of hydrogen-bond donors (Lipinski definition) is 3. The molecule has 1 amide bonds. The van der Waals surface area contributed by atoms with Crippen molar-refractivity contribution in [3.63, 3.8) is 0 Å². The lowest BCUT2D eigenvalue weighted by Crippen LogP contribution is -2.43. The van der Waals surface area contributed by atoms with Crippen molar-refractivity contribution in [2.24, 2.45) is 7.05 Å². The van der Waals surface area contributed by atoms with Crippen molar-refractivity contribution in [1.82, 2.24) is 25.0 Å². The van der Waals surface area contributed by atoms with E-state index in [0.29, 0.717) is 52.3 Å². The van der Waals surface area contributed by atoms with Crippen LogP contribution < -0.4 is 20.7 Å². The Morgan fingerprint density at radius 3 is 2.80 bits per heavy atom. The van der Waals surface area contributed by atoms with Gasteiger partial charge in [-0.2, -0.15) is 10.4 Å². The van der Waals surface area contributed by atoms with Gasteiger partial charge in [0.15, 0.2) is 0 Å². The van der Waals surface area contributed by atoms with Crippen LogP contribution in [0.1, 0.15) is 25.1 Å². The minimum Gasteiger partial charge on any atom is -0.492 e. The van der Waals surface area contributed by atoms with Gasteiger partial charge in [0.1, 0.15) is 11.8 Å². The number of nitriles is 1. The van der Waals surface area contributed by atoms with Crippen LogP contribution in [-0.4, -0.2) is 64.9 Å². The zero-order valence-electron chi connectivity index (χ0n) is 23.1. The number of nitrogens with zero attached hydrogens (tertiary/aromatic N) is 5. The topological polar surface area (TPSA) is 120 Å². The summed E-state index contributed by atoms with van der Waals surface area (Å²) in [5.74, 6) is 0.284. The van der Waals surface area contributed by atoms with Crippen molar-refractivity contribution < 1.29 is 9.53 Å². The van der Waals surface area contributed by atoms with Gasteiger partial charge >= 0.3 is 0 Å². The molecule has 2 aromatic heterocycles. The number of pyridine rings is 1. The van der Waals surface area contributed by atoms with Crippen LogP contribution in [0.3, 0.4) is 0 Å². The summed E-state index contributed by atoms with van der Waals surface area (Å²) >= 11 is 0. The zero-order chi connectivity index (χ0) is 28.1. The highest BCUT2D eigenvalue weighted by atomic mass is 16.5. The molecule has 0 spiro atoms. The van der Waals surface area contributed by atoms with Crippen molar-refractivity contribution in [2.45, 2.75) is 20.3 Å². The number of benzene rings is 2. The summed E-state index contributed by atoms with van der Waals surface area (Å²) in [6, 6.07) is 12.0. The average molecular weight is 539 g/mol. The standard InChI is InChI=1S/C30H34N8O2/c1-4-24-23(18-31)30(34-21-8-9-27-20(15-21)19-33-37(27)3)22-16-26(28(40-5-2)17-25(22)35-24)36-29(39)7-6-12-38-13-10-32-11-14-38/h6-9,15-17,19,32H,4-5,10-14H2,1-3H3,(H,34,35)(H,36,39)/b7-6+. The minimum atomic E-state index is -0.245. The molecule has 1 aliphatic heterocycles. The molecule has 0 unspecified atom stereocenters. The fourth-order valence-electron chi connectivity index (χ4n) is 4.98. The highest BCUT2D eigenvalue weighted by Crippen LogP contribution is 2.38. The number of rotatable bonds is 9. The smallest absolute Gasteiger partial charge is 0.248 e. The van der Waals surface area contributed by atoms with E-state index >= 15 is 0 Å². The molecule has 0 atom stereocenters. The quantitative estimate of drug-likeness (QED) is 0.273. The average Bonchev–Trinajstić information content (AvgIpc) is 3.33. The second-order valence-electron chi connectivity index (χ2n) is 9.68. The van der Waals surface area contributed by atoms with Gasteiger partial charge in [-0.05, 0) is 37.6 Å². The Balaban J connectivity index is 1.52. The van der Waals surface area contributed by atoms with Gasteiger partial charge in [-0.3, -0.25) is 19.4 Å². The van der Waals surface area contributed by atoms with E-state index in [1.807, 2.05) is 68.2 Å². The summed E-state index contributed by atoms with van der Waals surface area (Å²) in [7, 11) is 1.90. The van der Waals surface area contributed by atoms with Crippen LogP contribution in [0.2, 0.25) is 0 Å². The molecule has 0 saturated carbocycles. The summed E-state index contributed by atoms with van der Waals surface area (Å²) in [5.41, 5.74) is 4.83. The number of fused-ring (bicyclic) bond motifs is 2. The molecule has 1 saturated heterocycles. The maximum Gasteiger partial charge on any atom is 0.248 e. The highest BCUT2D eigenvalue weighted by molar-refractivity contribution is 6.05. The predicted molar refractivity (Wildman–Crippen MR) is 158 cm³/mol. The molecule has 0 bridgehead atoms. The van der Waals surface area contributed by atoms with Crippen LogP contribution in [0.15, 0.2) is 48.7 Å². The molecular weight excluding hydrogens is 504 g/mol. The van der Waals surface area contributed by atoms with Crippen LogP contribution in [0.5, 0.6) is 5.75 Å². The van der Waals surface area contributed by atoms with Gasteiger partial charge in [-0.15, -0.1) is 0 Å². The van der Waals surface area contributed by atoms with Crippen LogP contribution >= 0.6 is 0 Å². The molecule has 206 valence electrons. The predicted octanol–water partition coefficient (Wildman–Crippen LogP) is 4.10. The number of piperazine rings is 1. The molecule has 10 nitrogen and oxygen atoms in total. The third-order valence-corrected chi connectivity index (χ3v) is 7.02. The van der Waals surface area contributed by atoms with Crippen LogP contribution in [-0.2, 0) is 18.3 Å². The monoisotopic (exact) mass is 538 g/mol. The lowest BCUT2D eigenvalue weighted by atomic mass is 10.0. The van der Waals surface area contributed by atoms with E-state index in [9.17, 15) is 10.1 Å². The molecule has 10 heteroatoms.